The third kappa shape index (κ3) is 2.12. The van der Waals surface area contributed by atoms with E-state index in [1.54, 1.807) is 0 Å². The van der Waals surface area contributed by atoms with Crippen LogP contribution in [0.25, 0.3) is 0 Å². The first-order chi connectivity index (χ1) is 6.39. The number of hydrogen-bond donors (Lipinski definition) is 0. The van der Waals surface area contributed by atoms with Crippen LogP contribution in [0.3, 0.4) is 0 Å². The quantitative estimate of drug-likeness (QED) is 0.674. The Hall–Kier alpha value is -0.0800. The lowest BCUT2D eigenvalue weighted by atomic mass is 9.58. The smallest absolute Gasteiger partial charge is 0.0997 e. The van der Waals surface area contributed by atoms with Crippen molar-refractivity contribution in [2.45, 2.75) is 46.1 Å². The SMILES string of the molecule is CC1CC2(C1)CN(COC(C)(C)C)C2. The van der Waals surface area contributed by atoms with E-state index >= 15 is 0 Å². The summed E-state index contributed by atoms with van der Waals surface area (Å²) in [5.41, 5.74) is 0.719. The van der Waals surface area contributed by atoms with Crippen LogP contribution in [-0.4, -0.2) is 30.3 Å². The van der Waals surface area contributed by atoms with E-state index < -0.39 is 0 Å². The van der Waals surface area contributed by atoms with Gasteiger partial charge in [-0.3, -0.25) is 4.90 Å². The van der Waals surface area contributed by atoms with Gasteiger partial charge in [0.25, 0.3) is 0 Å². The zero-order valence-electron chi connectivity index (χ0n) is 9.97. The van der Waals surface area contributed by atoms with E-state index in [1.807, 2.05) is 0 Å². The number of nitrogens with zero attached hydrogens (tertiary/aromatic N) is 1. The summed E-state index contributed by atoms with van der Waals surface area (Å²) in [5.74, 6) is 0.973. The van der Waals surface area contributed by atoms with Crippen LogP contribution >= 0.6 is 0 Å². The zero-order valence-corrected chi connectivity index (χ0v) is 9.97. The van der Waals surface area contributed by atoms with Gasteiger partial charge < -0.3 is 4.74 Å². The topological polar surface area (TPSA) is 12.5 Å². The summed E-state index contributed by atoms with van der Waals surface area (Å²) in [6, 6.07) is 0. The highest BCUT2D eigenvalue weighted by Gasteiger charge is 2.50. The summed E-state index contributed by atoms with van der Waals surface area (Å²) in [6.45, 7) is 12.1. The maximum absolute atomic E-state index is 5.75. The molecule has 2 nitrogen and oxygen atoms in total. The molecule has 82 valence electrons. The van der Waals surface area contributed by atoms with E-state index in [-0.39, 0.29) is 5.60 Å². The third-order valence-corrected chi connectivity index (χ3v) is 3.36. The van der Waals surface area contributed by atoms with Crippen LogP contribution in [0.15, 0.2) is 0 Å². The Morgan fingerprint density at radius 3 is 2.29 bits per heavy atom. The normalized spacial score (nSPS) is 27.4. The van der Waals surface area contributed by atoms with Gasteiger partial charge in [-0.1, -0.05) is 6.92 Å². The van der Waals surface area contributed by atoms with Crippen LogP contribution in [0.5, 0.6) is 0 Å². The average molecular weight is 197 g/mol. The number of likely N-dealkylation sites (tertiary alicyclic amines) is 1. The fraction of sp³-hybridized carbons (Fsp3) is 1.00. The van der Waals surface area contributed by atoms with Crippen molar-refractivity contribution in [3.63, 3.8) is 0 Å². The van der Waals surface area contributed by atoms with Gasteiger partial charge in [0, 0.05) is 13.1 Å². The zero-order chi connectivity index (χ0) is 10.4. The summed E-state index contributed by atoms with van der Waals surface area (Å²) in [4.78, 5) is 2.43. The van der Waals surface area contributed by atoms with E-state index in [0.29, 0.717) is 5.41 Å². The molecule has 0 radical (unpaired) electrons. The predicted molar refractivity (Wildman–Crippen MR) is 58.1 cm³/mol. The van der Waals surface area contributed by atoms with Gasteiger partial charge >= 0.3 is 0 Å². The third-order valence-electron chi connectivity index (χ3n) is 3.36. The molecule has 2 rings (SSSR count). The molecule has 1 saturated heterocycles. The molecule has 2 heteroatoms. The van der Waals surface area contributed by atoms with Gasteiger partial charge in [-0.2, -0.15) is 0 Å². The van der Waals surface area contributed by atoms with Crippen molar-refractivity contribution in [3.8, 4) is 0 Å². The van der Waals surface area contributed by atoms with Crippen molar-refractivity contribution < 1.29 is 4.74 Å². The lowest BCUT2D eigenvalue weighted by Crippen LogP contribution is -2.62. The summed E-state index contributed by atoms with van der Waals surface area (Å²) in [6.07, 6.45) is 2.89. The Morgan fingerprint density at radius 2 is 1.86 bits per heavy atom. The first kappa shape index (κ1) is 10.4. The molecule has 2 aliphatic rings. The Morgan fingerprint density at radius 1 is 1.29 bits per heavy atom. The second kappa shape index (κ2) is 3.21. The number of ether oxygens (including phenoxy) is 1. The Balaban J connectivity index is 1.64. The number of rotatable bonds is 2. The molecule has 2 fully saturated rings. The maximum atomic E-state index is 5.75. The molecule has 0 bridgehead atoms. The first-order valence-electron chi connectivity index (χ1n) is 5.75. The highest BCUT2D eigenvalue weighted by molar-refractivity contribution is 5.02. The van der Waals surface area contributed by atoms with Gasteiger partial charge in [0.1, 0.15) is 0 Å². The molecule has 1 heterocycles. The summed E-state index contributed by atoms with van der Waals surface area (Å²) in [5, 5.41) is 0. The van der Waals surface area contributed by atoms with Crippen molar-refractivity contribution in [1.29, 1.82) is 0 Å². The van der Waals surface area contributed by atoms with Crippen LogP contribution in [0.2, 0.25) is 0 Å². The summed E-state index contributed by atoms with van der Waals surface area (Å²) >= 11 is 0. The molecule has 0 amide bonds. The molecule has 1 spiro atoms. The average Bonchev–Trinajstić information content (AvgIpc) is 1.89. The molecule has 0 unspecified atom stereocenters. The molecular weight excluding hydrogens is 174 g/mol. The van der Waals surface area contributed by atoms with Gasteiger partial charge in [-0.05, 0) is 44.9 Å². The molecular formula is C12H23NO. The van der Waals surface area contributed by atoms with Crippen LogP contribution < -0.4 is 0 Å². The van der Waals surface area contributed by atoms with Gasteiger partial charge in [0.15, 0.2) is 0 Å². The minimum absolute atomic E-state index is 0.00958. The second-order valence-electron chi connectivity index (χ2n) is 6.39. The first-order valence-corrected chi connectivity index (χ1v) is 5.75. The van der Waals surface area contributed by atoms with Gasteiger partial charge in [0.05, 0.1) is 12.3 Å². The molecule has 14 heavy (non-hydrogen) atoms. The van der Waals surface area contributed by atoms with Gasteiger partial charge in [0.2, 0.25) is 0 Å². The maximum Gasteiger partial charge on any atom is 0.0997 e. The van der Waals surface area contributed by atoms with E-state index in [1.165, 1.54) is 25.9 Å². The van der Waals surface area contributed by atoms with Crippen molar-refractivity contribution in [2.75, 3.05) is 19.8 Å². The summed E-state index contributed by atoms with van der Waals surface area (Å²) in [7, 11) is 0. The molecule has 0 aromatic heterocycles. The lowest BCUT2D eigenvalue weighted by Gasteiger charge is -2.58. The van der Waals surface area contributed by atoms with E-state index in [4.69, 9.17) is 4.74 Å². The van der Waals surface area contributed by atoms with Crippen molar-refractivity contribution >= 4 is 0 Å². The highest BCUT2D eigenvalue weighted by atomic mass is 16.5. The monoisotopic (exact) mass is 197 g/mol. The van der Waals surface area contributed by atoms with Crippen molar-refractivity contribution in [2.24, 2.45) is 11.3 Å². The fourth-order valence-electron chi connectivity index (χ4n) is 2.96. The molecule has 0 N–H and O–H groups in total. The second-order valence-corrected chi connectivity index (χ2v) is 6.39. The Labute approximate surface area is 87.6 Å². The van der Waals surface area contributed by atoms with Crippen LogP contribution in [0, 0.1) is 11.3 Å². The fourth-order valence-corrected chi connectivity index (χ4v) is 2.96. The standard InChI is InChI=1S/C12H23NO/c1-10-5-12(6-10)7-13(8-12)9-14-11(2,3)4/h10H,5-9H2,1-4H3. The van der Waals surface area contributed by atoms with Gasteiger partial charge in [-0.25, -0.2) is 0 Å². The van der Waals surface area contributed by atoms with Gasteiger partial charge in [-0.15, -0.1) is 0 Å². The lowest BCUT2D eigenvalue weighted by molar-refractivity contribution is -0.158. The summed E-state index contributed by atoms with van der Waals surface area (Å²) < 4.78 is 5.75. The molecule has 0 aromatic carbocycles. The minimum Gasteiger partial charge on any atom is -0.360 e. The van der Waals surface area contributed by atoms with E-state index in [2.05, 4.69) is 32.6 Å². The molecule has 0 aromatic rings. The molecule has 0 atom stereocenters. The highest BCUT2D eigenvalue weighted by Crippen LogP contribution is 2.51. The molecule has 1 saturated carbocycles. The van der Waals surface area contributed by atoms with Crippen molar-refractivity contribution in [1.82, 2.24) is 4.90 Å². The Kier molecular flexibility index (Phi) is 2.39. The number of hydrogen-bond acceptors (Lipinski definition) is 2. The minimum atomic E-state index is 0.00958. The van der Waals surface area contributed by atoms with E-state index in [9.17, 15) is 0 Å². The predicted octanol–water partition coefficient (Wildman–Crippen LogP) is 2.49. The largest absolute Gasteiger partial charge is 0.360 e. The Bertz CT molecular complexity index is 205. The van der Waals surface area contributed by atoms with Crippen molar-refractivity contribution in [3.05, 3.63) is 0 Å². The van der Waals surface area contributed by atoms with Crippen LogP contribution in [0.1, 0.15) is 40.5 Å². The molecule has 1 aliphatic carbocycles. The molecule has 1 aliphatic heterocycles. The van der Waals surface area contributed by atoms with Crippen LogP contribution in [-0.2, 0) is 4.74 Å². The van der Waals surface area contributed by atoms with Crippen LogP contribution in [0.4, 0.5) is 0 Å². The van der Waals surface area contributed by atoms with E-state index in [0.717, 1.165) is 12.6 Å².